The van der Waals surface area contributed by atoms with Crippen molar-refractivity contribution in [3.63, 3.8) is 0 Å². The maximum Gasteiger partial charge on any atom is 0.340 e. The summed E-state index contributed by atoms with van der Waals surface area (Å²) < 4.78 is 11.6. The summed E-state index contributed by atoms with van der Waals surface area (Å²) in [4.78, 5) is 40.3. The van der Waals surface area contributed by atoms with Gasteiger partial charge in [-0.2, -0.15) is 0 Å². The number of carbonyl (C=O) groups is 2. The maximum atomic E-state index is 14.1. The Hall–Kier alpha value is -4.45. The maximum absolute atomic E-state index is 14.1. The summed E-state index contributed by atoms with van der Waals surface area (Å²) in [6, 6.07) is 27.3. The molecule has 1 aromatic heterocycles. The van der Waals surface area contributed by atoms with Crippen molar-refractivity contribution >= 4 is 11.9 Å². The lowest BCUT2D eigenvalue weighted by Gasteiger charge is -2.22. The third kappa shape index (κ3) is 4.26. The molecule has 0 saturated heterocycles. The first-order valence-electron chi connectivity index (χ1n) is 10.7. The molecule has 4 rings (SSSR count). The summed E-state index contributed by atoms with van der Waals surface area (Å²) in [6.07, 6.45) is 0.135. The van der Waals surface area contributed by atoms with E-state index in [2.05, 4.69) is 0 Å². The molecule has 0 aliphatic carbocycles. The average Bonchev–Trinajstić information content (AvgIpc) is 2.90. The van der Waals surface area contributed by atoms with Crippen molar-refractivity contribution in [2.24, 2.45) is 0 Å². The van der Waals surface area contributed by atoms with Crippen LogP contribution in [0.1, 0.15) is 31.8 Å². The van der Waals surface area contributed by atoms with Crippen LogP contribution in [-0.2, 0) is 15.9 Å². The molecule has 1 heterocycles. The molecule has 0 atom stereocenters. The van der Waals surface area contributed by atoms with Crippen LogP contribution in [0.4, 0.5) is 0 Å². The standard InChI is InChI=1S/C28H23NO5/c1-33-27(31)23-22(18-19-12-6-3-7-13-19)26(30)29(21-16-10-5-11-17-21)25(24(23)28(32)34-2)20-14-8-4-9-15-20/h3-17H,18H2,1-2H3. The molecule has 0 aliphatic rings. The van der Waals surface area contributed by atoms with E-state index in [-0.39, 0.29) is 28.8 Å². The number of hydrogen-bond acceptors (Lipinski definition) is 5. The van der Waals surface area contributed by atoms with Gasteiger partial charge in [0.05, 0.1) is 31.0 Å². The van der Waals surface area contributed by atoms with E-state index in [1.54, 1.807) is 48.5 Å². The van der Waals surface area contributed by atoms with Crippen LogP contribution in [0.25, 0.3) is 16.9 Å². The molecule has 0 radical (unpaired) electrons. The highest BCUT2D eigenvalue weighted by Gasteiger charge is 2.32. The van der Waals surface area contributed by atoms with Gasteiger partial charge in [0.25, 0.3) is 5.56 Å². The zero-order chi connectivity index (χ0) is 24.1. The van der Waals surface area contributed by atoms with Crippen LogP contribution >= 0.6 is 0 Å². The van der Waals surface area contributed by atoms with E-state index >= 15 is 0 Å². The summed E-state index contributed by atoms with van der Waals surface area (Å²) in [5, 5.41) is 0. The lowest BCUT2D eigenvalue weighted by Crippen LogP contribution is -2.31. The molecule has 0 saturated carbocycles. The lowest BCUT2D eigenvalue weighted by molar-refractivity contribution is 0.0554. The van der Waals surface area contributed by atoms with Gasteiger partial charge in [-0.3, -0.25) is 9.36 Å². The fourth-order valence-electron chi connectivity index (χ4n) is 4.01. The highest BCUT2D eigenvalue weighted by Crippen LogP contribution is 2.31. The Balaban J connectivity index is 2.20. The van der Waals surface area contributed by atoms with Crippen molar-refractivity contribution in [1.82, 2.24) is 4.57 Å². The summed E-state index contributed by atoms with van der Waals surface area (Å²) in [6.45, 7) is 0. The zero-order valence-corrected chi connectivity index (χ0v) is 18.9. The van der Waals surface area contributed by atoms with Crippen LogP contribution in [0.5, 0.6) is 0 Å². The summed E-state index contributed by atoms with van der Waals surface area (Å²) in [5.41, 5.74) is 1.85. The molecule has 0 bridgehead atoms. The number of nitrogens with zero attached hydrogens (tertiary/aromatic N) is 1. The predicted octanol–water partition coefficient (Wildman–Crippen LogP) is 4.67. The van der Waals surface area contributed by atoms with E-state index in [1.807, 2.05) is 42.5 Å². The van der Waals surface area contributed by atoms with E-state index in [9.17, 15) is 14.4 Å². The molecule has 0 unspecified atom stereocenters. The number of rotatable bonds is 6. The topological polar surface area (TPSA) is 74.6 Å². The smallest absolute Gasteiger partial charge is 0.340 e. The highest BCUT2D eigenvalue weighted by molar-refractivity contribution is 6.08. The number of ether oxygens (including phenoxy) is 2. The van der Waals surface area contributed by atoms with Crippen LogP contribution in [0.3, 0.4) is 0 Å². The van der Waals surface area contributed by atoms with Gasteiger partial charge in [0.15, 0.2) is 0 Å². The van der Waals surface area contributed by atoms with Crippen LogP contribution in [0, 0.1) is 0 Å². The number of benzene rings is 3. The minimum Gasteiger partial charge on any atom is -0.465 e. The van der Waals surface area contributed by atoms with Gasteiger partial charge in [-0.05, 0) is 23.3 Å². The Bertz CT molecular complexity index is 1380. The van der Waals surface area contributed by atoms with Crippen LogP contribution < -0.4 is 5.56 Å². The third-order valence-corrected chi connectivity index (χ3v) is 5.54. The van der Waals surface area contributed by atoms with Crippen LogP contribution in [0.15, 0.2) is 95.8 Å². The van der Waals surface area contributed by atoms with Crippen LogP contribution in [-0.4, -0.2) is 30.7 Å². The number of esters is 2. The second-order valence-electron chi connectivity index (χ2n) is 7.56. The van der Waals surface area contributed by atoms with Gasteiger partial charge in [0, 0.05) is 17.7 Å². The number of para-hydroxylation sites is 1. The first-order valence-corrected chi connectivity index (χ1v) is 10.7. The van der Waals surface area contributed by atoms with E-state index in [0.29, 0.717) is 11.3 Å². The van der Waals surface area contributed by atoms with Gasteiger partial charge < -0.3 is 9.47 Å². The normalized spacial score (nSPS) is 10.5. The van der Waals surface area contributed by atoms with Crippen molar-refractivity contribution < 1.29 is 19.1 Å². The molecule has 0 spiro atoms. The number of pyridine rings is 1. The Kier molecular flexibility index (Phi) is 6.69. The van der Waals surface area contributed by atoms with Gasteiger partial charge in [0.1, 0.15) is 0 Å². The Morgan fingerprint density at radius 1 is 0.706 bits per heavy atom. The predicted molar refractivity (Wildman–Crippen MR) is 129 cm³/mol. The summed E-state index contributed by atoms with van der Waals surface area (Å²) >= 11 is 0. The van der Waals surface area contributed by atoms with Crippen molar-refractivity contribution in [2.45, 2.75) is 6.42 Å². The third-order valence-electron chi connectivity index (χ3n) is 5.54. The molecule has 0 amide bonds. The van der Waals surface area contributed by atoms with Gasteiger partial charge in [-0.1, -0.05) is 78.9 Å². The Morgan fingerprint density at radius 2 is 1.21 bits per heavy atom. The van der Waals surface area contributed by atoms with E-state index in [4.69, 9.17) is 9.47 Å². The molecule has 0 N–H and O–H groups in total. The summed E-state index contributed by atoms with van der Waals surface area (Å²) in [5.74, 6) is -1.51. The zero-order valence-electron chi connectivity index (χ0n) is 18.9. The van der Waals surface area contributed by atoms with E-state index in [0.717, 1.165) is 5.56 Å². The molecular formula is C28H23NO5. The number of hydrogen-bond donors (Lipinski definition) is 0. The number of aromatic nitrogens is 1. The summed E-state index contributed by atoms with van der Waals surface area (Å²) in [7, 11) is 2.47. The molecule has 170 valence electrons. The van der Waals surface area contributed by atoms with E-state index < -0.39 is 17.5 Å². The molecule has 3 aromatic carbocycles. The second-order valence-corrected chi connectivity index (χ2v) is 7.56. The number of methoxy groups -OCH3 is 2. The first kappa shape index (κ1) is 22.7. The minimum atomic E-state index is -0.777. The van der Waals surface area contributed by atoms with Crippen LogP contribution in [0.2, 0.25) is 0 Å². The largest absolute Gasteiger partial charge is 0.465 e. The Labute approximate surface area is 197 Å². The monoisotopic (exact) mass is 453 g/mol. The molecule has 6 heteroatoms. The number of carbonyl (C=O) groups excluding carboxylic acids is 2. The molecule has 34 heavy (non-hydrogen) atoms. The first-order chi connectivity index (χ1) is 16.6. The van der Waals surface area contributed by atoms with Crippen molar-refractivity contribution in [3.8, 4) is 16.9 Å². The molecule has 0 aliphatic heterocycles. The van der Waals surface area contributed by atoms with Crippen molar-refractivity contribution in [2.75, 3.05) is 14.2 Å². The van der Waals surface area contributed by atoms with Gasteiger partial charge in [-0.15, -0.1) is 0 Å². The fraction of sp³-hybridized carbons (Fsp3) is 0.107. The highest BCUT2D eigenvalue weighted by atomic mass is 16.5. The van der Waals surface area contributed by atoms with Gasteiger partial charge in [0.2, 0.25) is 0 Å². The Morgan fingerprint density at radius 3 is 1.76 bits per heavy atom. The SMILES string of the molecule is COC(=O)c1c(C(=O)OC)c(-c2ccccc2)n(-c2ccccc2)c(=O)c1Cc1ccccc1. The van der Waals surface area contributed by atoms with E-state index in [1.165, 1.54) is 18.8 Å². The fourth-order valence-corrected chi connectivity index (χ4v) is 4.01. The van der Waals surface area contributed by atoms with Crippen molar-refractivity contribution in [1.29, 1.82) is 0 Å². The molecule has 6 nitrogen and oxygen atoms in total. The second kappa shape index (κ2) is 10.0. The lowest BCUT2D eigenvalue weighted by atomic mass is 9.92. The van der Waals surface area contributed by atoms with Gasteiger partial charge in [-0.25, -0.2) is 9.59 Å². The average molecular weight is 453 g/mol. The quantitative estimate of drug-likeness (QED) is 0.397. The minimum absolute atomic E-state index is 0.0186. The van der Waals surface area contributed by atoms with Gasteiger partial charge >= 0.3 is 11.9 Å². The molecular weight excluding hydrogens is 430 g/mol. The molecule has 0 fully saturated rings. The molecule has 4 aromatic rings. The van der Waals surface area contributed by atoms with Crippen molar-refractivity contribution in [3.05, 3.63) is 124 Å².